The van der Waals surface area contributed by atoms with Crippen LogP contribution in [-0.4, -0.2) is 29.0 Å². The fraction of sp³-hybridized carbons (Fsp3) is 0.400. The Morgan fingerprint density at radius 3 is 2.57 bits per heavy atom. The molecule has 0 saturated heterocycles. The predicted molar refractivity (Wildman–Crippen MR) is 81.2 cm³/mol. The number of thioether (sulfide) groups is 1. The molecule has 5 nitrogen and oxygen atoms in total. The Morgan fingerprint density at radius 1 is 1.33 bits per heavy atom. The lowest BCUT2D eigenvalue weighted by atomic mass is 9.94. The smallest absolute Gasteiger partial charge is 0.321 e. The number of ether oxygens (including phenoxy) is 1. The zero-order valence-corrected chi connectivity index (χ0v) is 13.4. The number of aromatic nitrogens is 2. The van der Waals surface area contributed by atoms with Gasteiger partial charge in [-0.3, -0.25) is 4.79 Å². The zero-order valence-electron chi connectivity index (χ0n) is 12.5. The molecule has 0 aliphatic heterocycles. The summed E-state index contributed by atoms with van der Waals surface area (Å²) in [7, 11) is 0. The number of rotatable bonds is 5. The number of nitrogens with zero attached hydrogens (tertiary/aromatic N) is 2. The Morgan fingerprint density at radius 2 is 2.00 bits per heavy atom. The highest BCUT2D eigenvalue weighted by Gasteiger charge is 2.37. The van der Waals surface area contributed by atoms with Gasteiger partial charge in [-0.1, -0.05) is 5.16 Å². The molecule has 2 rings (SSSR count). The average molecular weight is 306 g/mol. The minimum atomic E-state index is -0.958. The third kappa shape index (κ3) is 3.26. The average Bonchev–Trinajstić information content (AvgIpc) is 2.98. The Hall–Kier alpha value is -1.82. The van der Waals surface area contributed by atoms with Crippen molar-refractivity contribution in [2.24, 2.45) is 0 Å². The van der Waals surface area contributed by atoms with Crippen LogP contribution in [0.5, 0.6) is 0 Å². The molecular weight excluding hydrogens is 288 g/mol. The van der Waals surface area contributed by atoms with E-state index in [4.69, 9.17) is 9.26 Å². The van der Waals surface area contributed by atoms with E-state index in [1.807, 2.05) is 30.5 Å². The summed E-state index contributed by atoms with van der Waals surface area (Å²) in [6.07, 6.45) is 2.02. The monoisotopic (exact) mass is 306 g/mol. The molecular formula is C15H18N2O3S. The van der Waals surface area contributed by atoms with Crippen molar-refractivity contribution in [2.75, 3.05) is 12.9 Å². The lowest BCUT2D eigenvalue weighted by Crippen LogP contribution is -2.31. The number of carbonyl (C=O) groups is 1. The summed E-state index contributed by atoms with van der Waals surface area (Å²) >= 11 is 1.67. The summed E-state index contributed by atoms with van der Waals surface area (Å²) in [6, 6.07) is 7.84. The highest BCUT2D eigenvalue weighted by Crippen LogP contribution is 2.26. The van der Waals surface area contributed by atoms with E-state index >= 15 is 0 Å². The van der Waals surface area contributed by atoms with Gasteiger partial charge in [0.2, 0.25) is 11.7 Å². The van der Waals surface area contributed by atoms with Gasteiger partial charge in [0, 0.05) is 10.5 Å². The Kier molecular flexibility index (Phi) is 4.67. The molecule has 0 atom stereocenters. The molecule has 0 aliphatic rings. The molecule has 0 fully saturated rings. The molecule has 0 spiro atoms. The summed E-state index contributed by atoms with van der Waals surface area (Å²) in [5.74, 6) is 0.345. The summed E-state index contributed by atoms with van der Waals surface area (Å²) in [5.41, 5.74) is -0.108. The lowest BCUT2D eigenvalue weighted by molar-refractivity contribution is -0.149. The van der Waals surface area contributed by atoms with Crippen molar-refractivity contribution < 1.29 is 14.1 Å². The number of carbonyl (C=O) groups excluding carboxylic acids is 1. The molecule has 1 heterocycles. The number of esters is 1. The van der Waals surface area contributed by atoms with E-state index in [0.717, 1.165) is 10.5 Å². The molecule has 1 aromatic carbocycles. The van der Waals surface area contributed by atoms with Gasteiger partial charge >= 0.3 is 5.97 Å². The van der Waals surface area contributed by atoms with Gasteiger partial charge in [0.05, 0.1) is 6.61 Å². The molecule has 112 valence electrons. The van der Waals surface area contributed by atoms with Crippen molar-refractivity contribution >= 4 is 17.7 Å². The van der Waals surface area contributed by atoms with Crippen LogP contribution in [-0.2, 0) is 14.9 Å². The Labute approximate surface area is 128 Å². The molecule has 0 aliphatic carbocycles. The third-order valence-corrected chi connectivity index (χ3v) is 3.84. The third-order valence-electron chi connectivity index (χ3n) is 3.09. The second-order valence-electron chi connectivity index (χ2n) is 5.00. The van der Waals surface area contributed by atoms with E-state index in [0.29, 0.717) is 12.4 Å². The fourth-order valence-corrected chi connectivity index (χ4v) is 2.14. The van der Waals surface area contributed by atoms with Crippen molar-refractivity contribution in [2.45, 2.75) is 31.1 Å². The SMILES string of the molecule is CCOC(=O)C(C)(C)c1nc(-c2ccc(SC)cc2)no1. The van der Waals surface area contributed by atoms with Gasteiger partial charge in [0.25, 0.3) is 0 Å². The highest BCUT2D eigenvalue weighted by molar-refractivity contribution is 7.98. The van der Waals surface area contributed by atoms with Crippen LogP contribution in [0.3, 0.4) is 0 Å². The van der Waals surface area contributed by atoms with Crippen LogP contribution in [0.4, 0.5) is 0 Å². The summed E-state index contributed by atoms with van der Waals surface area (Å²) in [5, 5.41) is 3.95. The fourth-order valence-electron chi connectivity index (χ4n) is 1.73. The standard InChI is InChI=1S/C15H18N2O3S/c1-5-19-14(18)15(2,3)13-16-12(17-20-13)10-6-8-11(21-4)9-7-10/h6-9H,5H2,1-4H3. The second-order valence-corrected chi connectivity index (χ2v) is 5.88. The normalized spacial score (nSPS) is 11.4. The minimum Gasteiger partial charge on any atom is -0.465 e. The van der Waals surface area contributed by atoms with Gasteiger partial charge in [-0.15, -0.1) is 11.8 Å². The van der Waals surface area contributed by atoms with Crippen molar-refractivity contribution in [3.63, 3.8) is 0 Å². The maximum absolute atomic E-state index is 11.9. The quantitative estimate of drug-likeness (QED) is 0.624. The van der Waals surface area contributed by atoms with Gasteiger partial charge in [0.15, 0.2) is 0 Å². The molecule has 1 aromatic heterocycles. The molecule has 0 radical (unpaired) electrons. The van der Waals surface area contributed by atoms with Crippen molar-refractivity contribution in [1.29, 1.82) is 0 Å². The first-order valence-corrected chi connectivity index (χ1v) is 7.87. The summed E-state index contributed by atoms with van der Waals surface area (Å²) in [6.45, 7) is 5.50. The first-order valence-electron chi connectivity index (χ1n) is 6.65. The van der Waals surface area contributed by atoms with Crippen LogP contribution in [0, 0.1) is 0 Å². The van der Waals surface area contributed by atoms with Crippen molar-refractivity contribution in [1.82, 2.24) is 10.1 Å². The largest absolute Gasteiger partial charge is 0.465 e. The van der Waals surface area contributed by atoms with Crippen LogP contribution >= 0.6 is 11.8 Å². The van der Waals surface area contributed by atoms with Gasteiger partial charge in [0.1, 0.15) is 5.41 Å². The van der Waals surface area contributed by atoms with E-state index in [1.54, 1.807) is 32.5 Å². The van der Waals surface area contributed by atoms with E-state index in [9.17, 15) is 4.79 Å². The first-order chi connectivity index (χ1) is 9.98. The van der Waals surface area contributed by atoms with Crippen molar-refractivity contribution in [3.05, 3.63) is 30.2 Å². The maximum atomic E-state index is 11.9. The van der Waals surface area contributed by atoms with E-state index in [-0.39, 0.29) is 11.9 Å². The van der Waals surface area contributed by atoms with Crippen LogP contribution in [0.25, 0.3) is 11.4 Å². The number of hydrogen-bond acceptors (Lipinski definition) is 6. The number of hydrogen-bond donors (Lipinski definition) is 0. The Balaban J connectivity index is 2.26. The molecule has 2 aromatic rings. The topological polar surface area (TPSA) is 65.2 Å². The summed E-state index contributed by atoms with van der Waals surface area (Å²) in [4.78, 5) is 17.4. The molecule has 0 N–H and O–H groups in total. The molecule has 21 heavy (non-hydrogen) atoms. The molecule has 0 unspecified atom stereocenters. The minimum absolute atomic E-state index is 0.255. The molecule has 0 bridgehead atoms. The first kappa shape index (κ1) is 15.6. The highest BCUT2D eigenvalue weighted by atomic mass is 32.2. The number of benzene rings is 1. The van der Waals surface area contributed by atoms with Crippen LogP contribution in [0.1, 0.15) is 26.7 Å². The van der Waals surface area contributed by atoms with Crippen molar-refractivity contribution in [3.8, 4) is 11.4 Å². The Bertz CT molecular complexity index is 620. The van der Waals surface area contributed by atoms with Gasteiger partial charge in [-0.25, -0.2) is 0 Å². The van der Waals surface area contributed by atoms with Gasteiger partial charge < -0.3 is 9.26 Å². The predicted octanol–water partition coefficient (Wildman–Crippen LogP) is 3.30. The molecule has 0 saturated carbocycles. The van der Waals surface area contributed by atoms with Gasteiger partial charge in [-0.2, -0.15) is 4.98 Å². The van der Waals surface area contributed by atoms with E-state index in [1.165, 1.54) is 0 Å². The lowest BCUT2D eigenvalue weighted by Gasteiger charge is -2.16. The van der Waals surface area contributed by atoms with Crippen LogP contribution in [0.2, 0.25) is 0 Å². The second kappa shape index (κ2) is 6.30. The maximum Gasteiger partial charge on any atom is 0.321 e. The van der Waals surface area contributed by atoms with E-state index in [2.05, 4.69) is 10.1 Å². The van der Waals surface area contributed by atoms with Gasteiger partial charge in [-0.05, 0) is 51.3 Å². The van der Waals surface area contributed by atoms with Crippen LogP contribution < -0.4 is 0 Å². The molecule has 6 heteroatoms. The van der Waals surface area contributed by atoms with Crippen LogP contribution in [0.15, 0.2) is 33.7 Å². The van der Waals surface area contributed by atoms with E-state index < -0.39 is 5.41 Å². The zero-order chi connectivity index (χ0) is 15.5. The molecule has 0 amide bonds. The summed E-state index contributed by atoms with van der Waals surface area (Å²) < 4.78 is 10.3.